The third-order valence-corrected chi connectivity index (χ3v) is 1.84. The molecule has 6 nitrogen and oxygen atoms in total. The summed E-state index contributed by atoms with van der Waals surface area (Å²) in [5.41, 5.74) is 5.39. The molecule has 0 aliphatic heterocycles. The van der Waals surface area contributed by atoms with Gasteiger partial charge in [-0.3, -0.25) is 0 Å². The van der Waals surface area contributed by atoms with Crippen LogP contribution in [0.1, 0.15) is 0 Å². The summed E-state index contributed by atoms with van der Waals surface area (Å²) in [7, 11) is 0. The van der Waals surface area contributed by atoms with Gasteiger partial charge in [0, 0.05) is 12.4 Å². The highest BCUT2D eigenvalue weighted by molar-refractivity contribution is 9.10. The number of nitrogen functional groups attached to an aromatic ring is 1. The van der Waals surface area contributed by atoms with Crippen LogP contribution in [-0.4, -0.2) is 24.7 Å². The number of halogens is 1. The largest absolute Gasteiger partial charge is 0.366 e. The monoisotopic (exact) mass is 240 g/mol. The molecule has 0 aliphatic carbocycles. The third-order valence-electron chi connectivity index (χ3n) is 1.33. The van der Waals surface area contributed by atoms with Crippen LogP contribution in [0.25, 0.3) is 5.95 Å². The molecule has 0 bridgehead atoms. The van der Waals surface area contributed by atoms with E-state index in [0.717, 1.165) is 0 Å². The highest BCUT2D eigenvalue weighted by atomic mass is 79.9. The summed E-state index contributed by atoms with van der Waals surface area (Å²) in [4.78, 5) is 11.8. The Morgan fingerprint density at radius 3 is 2.54 bits per heavy atom. The predicted molar refractivity (Wildman–Crippen MR) is 49.1 cm³/mol. The van der Waals surface area contributed by atoms with Crippen molar-refractivity contribution in [1.29, 1.82) is 0 Å². The zero-order valence-electron chi connectivity index (χ0n) is 6.42. The van der Waals surface area contributed by atoms with Crippen molar-refractivity contribution in [2.45, 2.75) is 0 Å². The molecule has 0 saturated heterocycles. The molecule has 0 unspecified atom stereocenters. The first-order valence-electron chi connectivity index (χ1n) is 3.43. The molecule has 7 heteroatoms. The van der Waals surface area contributed by atoms with Crippen molar-refractivity contribution in [3.8, 4) is 5.95 Å². The number of aromatic nitrogens is 5. The number of nitrogens with two attached hydrogens (primary N) is 1. The van der Waals surface area contributed by atoms with Crippen LogP contribution in [0.3, 0.4) is 0 Å². The van der Waals surface area contributed by atoms with Crippen molar-refractivity contribution in [2.75, 3.05) is 5.73 Å². The number of hydrogen-bond donors (Lipinski definition) is 1. The Hall–Kier alpha value is -1.50. The lowest BCUT2D eigenvalue weighted by molar-refractivity contribution is 0.791. The maximum atomic E-state index is 5.39. The lowest BCUT2D eigenvalue weighted by Gasteiger charge is -1.96. The van der Waals surface area contributed by atoms with E-state index in [1.807, 2.05) is 0 Å². The second-order valence-corrected chi connectivity index (χ2v) is 2.91. The molecule has 0 atom stereocenters. The van der Waals surface area contributed by atoms with Crippen LogP contribution in [0.2, 0.25) is 0 Å². The molecule has 0 fully saturated rings. The van der Waals surface area contributed by atoms with Crippen molar-refractivity contribution >= 4 is 21.9 Å². The Morgan fingerprint density at radius 1 is 1.31 bits per heavy atom. The molecule has 0 aromatic carbocycles. The molecule has 2 aromatic rings. The minimum absolute atomic E-state index is 0.180. The summed E-state index contributed by atoms with van der Waals surface area (Å²) < 4.78 is 1.89. The number of anilines is 1. The molecule has 0 radical (unpaired) electrons. The van der Waals surface area contributed by atoms with Crippen molar-refractivity contribution < 1.29 is 0 Å². The quantitative estimate of drug-likeness (QED) is 0.781. The molecule has 66 valence electrons. The van der Waals surface area contributed by atoms with E-state index in [4.69, 9.17) is 5.73 Å². The van der Waals surface area contributed by atoms with Gasteiger partial charge in [-0.2, -0.15) is 9.67 Å². The van der Waals surface area contributed by atoms with Gasteiger partial charge in [-0.25, -0.2) is 9.97 Å². The van der Waals surface area contributed by atoms with Crippen LogP contribution in [0, 0.1) is 0 Å². The Bertz CT molecular complexity index is 410. The molecule has 2 aromatic heterocycles. The average Bonchev–Trinajstić information content (AvgIpc) is 2.47. The highest BCUT2D eigenvalue weighted by Gasteiger charge is 2.07. The molecule has 2 rings (SSSR count). The summed E-state index contributed by atoms with van der Waals surface area (Å²) in [5.74, 6) is 0.609. The molecule has 0 aliphatic rings. The Labute approximate surface area is 82.0 Å². The molecule has 2 heterocycles. The fourth-order valence-corrected chi connectivity index (χ4v) is 1.26. The second kappa shape index (κ2) is 3.09. The Balaban J connectivity index is 2.53. The lowest BCUT2D eigenvalue weighted by Crippen LogP contribution is -2.02. The van der Waals surface area contributed by atoms with E-state index >= 15 is 0 Å². The van der Waals surface area contributed by atoms with Gasteiger partial charge in [-0.1, -0.05) is 0 Å². The topological polar surface area (TPSA) is 82.5 Å². The maximum absolute atomic E-state index is 5.39. The van der Waals surface area contributed by atoms with E-state index < -0.39 is 0 Å². The fraction of sp³-hybridized carbons (Fsp3) is 0. The van der Waals surface area contributed by atoms with E-state index in [-0.39, 0.29) is 5.95 Å². The van der Waals surface area contributed by atoms with Crippen molar-refractivity contribution in [1.82, 2.24) is 24.7 Å². The number of nitrogens with zero attached hydrogens (tertiary/aromatic N) is 5. The molecule has 0 amide bonds. The predicted octanol–water partition coefficient (Wildman–Crippen LogP) is 0.402. The Morgan fingerprint density at radius 2 is 2.00 bits per heavy atom. The first kappa shape index (κ1) is 8.11. The summed E-state index contributed by atoms with van der Waals surface area (Å²) in [6, 6.07) is 1.72. The van der Waals surface area contributed by atoms with Crippen LogP contribution in [0.15, 0.2) is 23.2 Å². The minimum atomic E-state index is 0.180. The molecular formula is C6H5BrN6. The summed E-state index contributed by atoms with van der Waals surface area (Å²) in [6.45, 7) is 0. The van der Waals surface area contributed by atoms with E-state index in [0.29, 0.717) is 10.7 Å². The molecule has 13 heavy (non-hydrogen) atoms. The smallest absolute Gasteiger partial charge is 0.253 e. The van der Waals surface area contributed by atoms with Gasteiger partial charge < -0.3 is 5.73 Å². The first-order valence-corrected chi connectivity index (χ1v) is 4.22. The van der Waals surface area contributed by atoms with E-state index in [9.17, 15) is 0 Å². The van der Waals surface area contributed by atoms with Gasteiger partial charge >= 0.3 is 0 Å². The lowest BCUT2D eigenvalue weighted by atomic mass is 10.7. The molecule has 0 spiro atoms. The summed E-state index contributed by atoms with van der Waals surface area (Å²) >= 11 is 3.18. The first-order chi connectivity index (χ1) is 6.27. The van der Waals surface area contributed by atoms with Gasteiger partial charge in [0.15, 0.2) is 0 Å². The number of rotatable bonds is 1. The summed E-state index contributed by atoms with van der Waals surface area (Å²) in [5, 5.41) is 3.89. The van der Waals surface area contributed by atoms with Gasteiger partial charge in [0.05, 0.1) is 0 Å². The van der Waals surface area contributed by atoms with Gasteiger partial charge in [0.1, 0.15) is 0 Å². The van der Waals surface area contributed by atoms with Crippen LogP contribution >= 0.6 is 15.9 Å². The fourth-order valence-electron chi connectivity index (χ4n) is 0.836. The van der Waals surface area contributed by atoms with Gasteiger partial charge in [-0.05, 0) is 22.0 Å². The number of hydrogen-bond acceptors (Lipinski definition) is 5. The van der Waals surface area contributed by atoms with Crippen molar-refractivity contribution in [3.63, 3.8) is 0 Å². The van der Waals surface area contributed by atoms with Crippen LogP contribution in [0.5, 0.6) is 0 Å². The van der Waals surface area contributed by atoms with E-state index in [2.05, 4.69) is 36.0 Å². The minimum Gasteiger partial charge on any atom is -0.366 e. The van der Waals surface area contributed by atoms with Crippen LogP contribution in [0.4, 0.5) is 5.95 Å². The van der Waals surface area contributed by atoms with Crippen LogP contribution < -0.4 is 5.73 Å². The molecule has 2 N–H and O–H groups in total. The Kier molecular flexibility index (Phi) is 1.93. The van der Waals surface area contributed by atoms with E-state index in [1.165, 1.54) is 4.68 Å². The van der Waals surface area contributed by atoms with Gasteiger partial charge in [0.25, 0.3) is 5.95 Å². The van der Waals surface area contributed by atoms with E-state index in [1.54, 1.807) is 18.5 Å². The zero-order valence-corrected chi connectivity index (χ0v) is 8.01. The van der Waals surface area contributed by atoms with Gasteiger partial charge in [-0.15, -0.1) is 5.10 Å². The normalized spacial score (nSPS) is 10.2. The van der Waals surface area contributed by atoms with Crippen molar-refractivity contribution in [3.05, 3.63) is 23.2 Å². The SMILES string of the molecule is Nc1nc(Br)n(-c2ncccn2)n1. The average molecular weight is 241 g/mol. The standard InChI is InChI=1S/C6H5BrN6/c7-4-11-5(8)12-13(4)6-9-2-1-3-10-6/h1-3H,(H2,8,12). The molecular weight excluding hydrogens is 236 g/mol. The third kappa shape index (κ3) is 1.50. The van der Waals surface area contributed by atoms with Crippen LogP contribution in [-0.2, 0) is 0 Å². The summed E-state index contributed by atoms with van der Waals surface area (Å²) in [6.07, 6.45) is 3.24. The molecule has 0 saturated carbocycles. The van der Waals surface area contributed by atoms with Crippen molar-refractivity contribution in [2.24, 2.45) is 0 Å². The van der Waals surface area contributed by atoms with Gasteiger partial charge in [0.2, 0.25) is 10.7 Å². The highest BCUT2D eigenvalue weighted by Crippen LogP contribution is 2.10. The second-order valence-electron chi connectivity index (χ2n) is 2.20. The maximum Gasteiger partial charge on any atom is 0.253 e. The zero-order chi connectivity index (χ0) is 9.26.